The van der Waals surface area contributed by atoms with Gasteiger partial charge in [0.15, 0.2) is 0 Å². The van der Waals surface area contributed by atoms with E-state index in [2.05, 4.69) is 16.1 Å². The van der Waals surface area contributed by atoms with Gasteiger partial charge in [-0.2, -0.15) is 13.2 Å². The van der Waals surface area contributed by atoms with Gasteiger partial charge in [0.2, 0.25) is 11.8 Å². The molecule has 0 amide bonds. The standard InChI is InChI=1S/C11H12F3N3O/c1-2-5-17(7-11(12,13)14)6-9-15-16-10(18-9)8-3-4-8/h1,8H,3-7H2. The molecule has 0 radical (unpaired) electrons. The summed E-state index contributed by atoms with van der Waals surface area (Å²) in [7, 11) is 0. The van der Waals surface area contributed by atoms with Crippen LogP contribution in [0, 0.1) is 12.3 Å². The van der Waals surface area contributed by atoms with Gasteiger partial charge in [-0.3, -0.25) is 4.90 Å². The van der Waals surface area contributed by atoms with E-state index >= 15 is 0 Å². The summed E-state index contributed by atoms with van der Waals surface area (Å²) in [5, 5.41) is 7.55. The normalized spacial score (nSPS) is 15.9. The molecule has 0 atom stereocenters. The predicted octanol–water partition coefficient (Wildman–Crippen LogP) is 1.94. The molecule has 0 saturated heterocycles. The monoisotopic (exact) mass is 259 g/mol. The van der Waals surface area contributed by atoms with Crippen LogP contribution in [-0.2, 0) is 6.54 Å². The van der Waals surface area contributed by atoms with E-state index in [-0.39, 0.29) is 24.9 Å². The zero-order chi connectivity index (χ0) is 13.2. The molecule has 1 saturated carbocycles. The van der Waals surface area contributed by atoms with Crippen LogP contribution in [0.1, 0.15) is 30.5 Å². The van der Waals surface area contributed by atoms with Crippen LogP contribution in [0.5, 0.6) is 0 Å². The maximum atomic E-state index is 12.3. The highest BCUT2D eigenvalue weighted by Gasteiger charge is 2.32. The molecule has 2 rings (SSSR count). The van der Waals surface area contributed by atoms with Crippen LogP contribution >= 0.6 is 0 Å². The summed E-state index contributed by atoms with van der Waals surface area (Å²) in [6.45, 7) is -1.28. The number of nitrogens with zero attached hydrogens (tertiary/aromatic N) is 3. The molecule has 0 bridgehead atoms. The Balaban J connectivity index is 1.96. The van der Waals surface area contributed by atoms with E-state index in [1.807, 2.05) is 0 Å². The van der Waals surface area contributed by atoms with E-state index in [0.717, 1.165) is 17.7 Å². The SMILES string of the molecule is C#CCN(Cc1nnc(C2CC2)o1)CC(F)(F)F. The van der Waals surface area contributed by atoms with E-state index in [0.29, 0.717) is 5.89 Å². The zero-order valence-electron chi connectivity index (χ0n) is 9.57. The lowest BCUT2D eigenvalue weighted by Gasteiger charge is -2.19. The molecular formula is C11H12F3N3O. The minimum absolute atomic E-state index is 0.0799. The molecule has 1 aromatic rings. The second-order valence-electron chi connectivity index (χ2n) is 4.27. The highest BCUT2D eigenvalue weighted by molar-refractivity contribution is 5.00. The molecule has 0 unspecified atom stereocenters. The molecule has 4 nitrogen and oxygen atoms in total. The molecule has 1 aliphatic carbocycles. The zero-order valence-corrected chi connectivity index (χ0v) is 9.57. The maximum absolute atomic E-state index is 12.3. The molecule has 1 aromatic heterocycles. The minimum Gasteiger partial charge on any atom is -0.424 e. The van der Waals surface area contributed by atoms with Gasteiger partial charge >= 0.3 is 6.18 Å². The van der Waals surface area contributed by atoms with Crippen molar-refractivity contribution in [1.29, 1.82) is 0 Å². The summed E-state index contributed by atoms with van der Waals surface area (Å²) in [5.74, 6) is 3.16. The molecular weight excluding hydrogens is 247 g/mol. The van der Waals surface area contributed by atoms with Crippen LogP contribution in [0.4, 0.5) is 13.2 Å². The van der Waals surface area contributed by atoms with Gasteiger partial charge < -0.3 is 4.42 Å². The van der Waals surface area contributed by atoms with Crippen LogP contribution < -0.4 is 0 Å². The van der Waals surface area contributed by atoms with Gasteiger partial charge in [0.1, 0.15) is 0 Å². The first-order valence-corrected chi connectivity index (χ1v) is 5.53. The van der Waals surface area contributed by atoms with Crippen molar-refractivity contribution in [2.45, 2.75) is 31.5 Å². The first-order valence-electron chi connectivity index (χ1n) is 5.53. The Morgan fingerprint density at radius 3 is 2.67 bits per heavy atom. The fourth-order valence-electron chi connectivity index (χ4n) is 1.57. The van der Waals surface area contributed by atoms with Crippen LogP contribution in [-0.4, -0.2) is 34.4 Å². The van der Waals surface area contributed by atoms with Crippen molar-refractivity contribution in [2.24, 2.45) is 0 Å². The number of hydrogen-bond acceptors (Lipinski definition) is 4. The maximum Gasteiger partial charge on any atom is 0.401 e. The van der Waals surface area contributed by atoms with Crippen molar-refractivity contribution < 1.29 is 17.6 Å². The average molecular weight is 259 g/mol. The minimum atomic E-state index is -4.30. The summed E-state index contributed by atoms with van der Waals surface area (Å²) < 4.78 is 42.2. The second-order valence-corrected chi connectivity index (χ2v) is 4.27. The molecule has 0 spiro atoms. The Kier molecular flexibility index (Phi) is 3.57. The van der Waals surface area contributed by atoms with Gasteiger partial charge in [0, 0.05) is 5.92 Å². The summed E-state index contributed by atoms with van der Waals surface area (Å²) in [5.41, 5.74) is 0. The highest BCUT2D eigenvalue weighted by Crippen LogP contribution is 2.39. The van der Waals surface area contributed by atoms with Crippen molar-refractivity contribution in [3.8, 4) is 12.3 Å². The third-order valence-electron chi connectivity index (χ3n) is 2.49. The molecule has 1 aliphatic rings. The van der Waals surface area contributed by atoms with E-state index in [1.165, 1.54) is 0 Å². The van der Waals surface area contributed by atoms with E-state index in [9.17, 15) is 13.2 Å². The van der Waals surface area contributed by atoms with E-state index < -0.39 is 12.7 Å². The molecule has 1 heterocycles. The number of aromatic nitrogens is 2. The molecule has 1 fully saturated rings. The quantitative estimate of drug-likeness (QED) is 0.758. The topological polar surface area (TPSA) is 42.2 Å². The summed E-state index contributed by atoms with van der Waals surface area (Å²) in [6.07, 6.45) is 2.74. The van der Waals surface area contributed by atoms with Crippen molar-refractivity contribution in [2.75, 3.05) is 13.1 Å². The van der Waals surface area contributed by atoms with Crippen LogP contribution in [0.25, 0.3) is 0 Å². The van der Waals surface area contributed by atoms with Gasteiger partial charge in [-0.15, -0.1) is 16.6 Å². The third kappa shape index (κ3) is 3.74. The van der Waals surface area contributed by atoms with Gasteiger partial charge in [0.05, 0.1) is 19.6 Å². The fourth-order valence-corrected chi connectivity index (χ4v) is 1.57. The Bertz CT molecular complexity index is 445. The van der Waals surface area contributed by atoms with Gasteiger partial charge in [-0.25, -0.2) is 0 Å². The Morgan fingerprint density at radius 2 is 2.11 bits per heavy atom. The number of terminal acetylenes is 1. The Morgan fingerprint density at radius 1 is 1.39 bits per heavy atom. The molecule has 0 aromatic carbocycles. The average Bonchev–Trinajstić information content (AvgIpc) is 2.98. The van der Waals surface area contributed by atoms with Gasteiger partial charge in [-0.1, -0.05) is 5.92 Å². The molecule has 0 N–H and O–H groups in total. The Hall–Kier alpha value is -1.55. The lowest BCUT2D eigenvalue weighted by Crippen LogP contribution is -2.34. The molecule has 98 valence electrons. The lowest BCUT2D eigenvalue weighted by atomic mass is 10.4. The molecule has 0 aliphatic heterocycles. The number of halogens is 3. The highest BCUT2D eigenvalue weighted by atomic mass is 19.4. The fraction of sp³-hybridized carbons (Fsp3) is 0.636. The first kappa shape index (κ1) is 12.9. The largest absolute Gasteiger partial charge is 0.424 e. The summed E-state index contributed by atoms with van der Waals surface area (Å²) in [6, 6.07) is 0. The number of alkyl halides is 3. The van der Waals surface area contributed by atoms with Crippen molar-refractivity contribution >= 4 is 0 Å². The molecule has 18 heavy (non-hydrogen) atoms. The van der Waals surface area contributed by atoms with Crippen molar-refractivity contribution in [3.63, 3.8) is 0 Å². The number of hydrogen-bond donors (Lipinski definition) is 0. The third-order valence-corrected chi connectivity index (χ3v) is 2.49. The van der Waals surface area contributed by atoms with E-state index in [1.54, 1.807) is 0 Å². The van der Waals surface area contributed by atoms with Gasteiger partial charge in [-0.05, 0) is 12.8 Å². The lowest BCUT2D eigenvalue weighted by molar-refractivity contribution is -0.146. The van der Waals surface area contributed by atoms with E-state index in [4.69, 9.17) is 10.8 Å². The van der Waals surface area contributed by atoms with Crippen LogP contribution in [0.2, 0.25) is 0 Å². The summed E-state index contributed by atoms with van der Waals surface area (Å²) >= 11 is 0. The van der Waals surface area contributed by atoms with Crippen molar-refractivity contribution in [3.05, 3.63) is 11.8 Å². The summed E-state index contributed by atoms with van der Waals surface area (Å²) in [4.78, 5) is 1.05. The molecule has 7 heteroatoms. The van der Waals surface area contributed by atoms with Crippen LogP contribution in [0.15, 0.2) is 4.42 Å². The van der Waals surface area contributed by atoms with Crippen LogP contribution in [0.3, 0.4) is 0 Å². The van der Waals surface area contributed by atoms with Gasteiger partial charge in [0.25, 0.3) is 0 Å². The predicted molar refractivity (Wildman–Crippen MR) is 56.4 cm³/mol. The van der Waals surface area contributed by atoms with Crippen molar-refractivity contribution in [1.82, 2.24) is 15.1 Å². The Labute approximate surface area is 102 Å². The first-order chi connectivity index (χ1) is 8.48. The smallest absolute Gasteiger partial charge is 0.401 e. The number of rotatable bonds is 5. The second kappa shape index (κ2) is 4.98.